The summed E-state index contributed by atoms with van der Waals surface area (Å²) in [6, 6.07) is 8.67. The molecular weight excluding hydrogens is 294 g/mol. The van der Waals surface area contributed by atoms with E-state index in [4.69, 9.17) is 0 Å². The van der Waals surface area contributed by atoms with Crippen LogP contribution in [0.3, 0.4) is 0 Å². The summed E-state index contributed by atoms with van der Waals surface area (Å²) < 4.78 is 2.20. The standard InChI is InChI=1S/C22H31NO/c1-8-16-9-11-23(12-10-16)15-17-13-18(21(2,3)4)20(24)19(14-17)22(5,6)7/h9-14H,8,15H2,1-7H3/p+1. The van der Waals surface area contributed by atoms with E-state index in [1.54, 1.807) is 0 Å². The monoisotopic (exact) mass is 326 g/mol. The molecule has 0 atom stereocenters. The summed E-state index contributed by atoms with van der Waals surface area (Å²) in [6.07, 6.45) is 5.33. The van der Waals surface area contributed by atoms with E-state index in [9.17, 15) is 5.11 Å². The molecule has 0 aliphatic heterocycles. The Morgan fingerprint density at radius 3 is 1.67 bits per heavy atom. The van der Waals surface area contributed by atoms with Crippen LogP contribution in [0.4, 0.5) is 0 Å². The Hall–Kier alpha value is -1.83. The van der Waals surface area contributed by atoms with Crippen LogP contribution in [0.25, 0.3) is 0 Å². The van der Waals surface area contributed by atoms with Crippen LogP contribution in [0.15, 0.2) is 36.7 Å². The first-order valence-corrected chi connectivity index (χ1v) is 8.87. The molecule has 0 bridgehead atoms. The maximum atomic E-state index is 10.8. The Kier molecular flexibility index (Phi) is 5.08. The Balaban J connectivity index is 2.49. The zero-order chi connectivity index (χ0) is 18.1. The molecule has 0 radical (unpaired) electrons. The van der Waals surface area contributed by atoms with Crippen molar-refractivity contribution in [3.63, 3.8) is 0 Å². The van der Waals surface area contributed by atoms with Crippen molar-refractivity contribution in [2.24, 2.45) is 0 Å². The van der Waals surface area contributed by atoms with Gasteiger partial charge >= 0.3 is 0 Å². The highest BCUT2D eigenvalue weighted by Gasteiger charge is 2.27. The molecule has 1 aromatic heterocycles. The second kappa shape index (κ2) is 6.58. The molecule has 2 nitrogen and oxygen atoms in total. The summed E-state index contributed by atoms with van der Waals surface area (Å²) in [5.74, 6) is 0.449. The molecule has 0 fully saturated rings. The highest BCUT2D eigenvalue weighted by atomic mass is 16.3. The second-order valence-corrected chi connectivity index (χ2v) is 8.77. The Bertz CT molecular complexity index is 665. The maximum absolute atomic E-state index is 10.8. The van der Waals surface area contributed by atoms with E-state index < -0.39 is 0 Å². The summed E-state index contributed by atoms with van der Waals surface area (Å²) in [5, 5.41) is 10.8. The van der Waals surface area contributed by atoms with Gasteiger partial charge in [0.1, 0.15) is 5.75 Å². The molecule has 2 heteroatoms. The fourth-order valence-corrected chi connectivity index (χ4v) is 2.97. The van der Waals surface area contributed by atoms with Gasteiger partial charge in [0.2, 0.25) is 0 Å². The predicted molar refractivity (Wildman–Crippen MR) is 101 cm³/mol. The summed E-state index contributed by atoms with van der Waals surface area (Å²) in [6.45, 7) is 15.9. The van der Waals surface area contributed by atoms with Gasteiger partial charge in [-0.15, -0.1) is 0 Å². The molecule has 0 aliphatic rings. The molecule has 130 valence electrons. The average molecular weight is 327 g/mol. The van der Waals surface area contributed by atoms with Crippen molar-refractivity contribution in [1.82, 2.24) is 0 Å². The number of phenols is 1. The molecule has 1 N–H and O–H groups in total. The number of rotatable bonds is 3. The van der Waals surface area contributed by atoms with Gasteiger partial charge in [-0.1, -0.05) is 48.5 Å². The summed E-state index contributed by atoms with van der Waals surface area (Å²) in [4.78, 5) is 0. The van der Waals surface area contributed by atoms with E-state index >= 15 is 0 Å². The number of phenolic OH excluding ortho intramolecular Hbond substituents is 1. The Labute approximate surface area is 147 Å². The molecule has 0 saturated heterocycles. The van der Waals surface area contributed by atoms with E-state index in [0.717, 1.165) is 24.1 Å². The van der Waals surface area contributed by atoms with Crippen molar-refractivity contribution in [2.45, 2.75) is 72.3 Å². The summed E-state index contributed by atoms with van der Waals surface area (Å²) in [5.41, 5.74) is 4.46. The minimum Gasteiger partial charge on any atom is -0.507 e. The lowest BCUT2D eigenvalue weighted by Crippen LogP contribution is -2.33. The lowest BCUT2D eigenvalue weighted by Gasteiger charge is -2.27. The molecule has 0 amide bonds. The van der Waals surface area contributed by atoms with Crippen molar-refractivity contribution in [3.05, 3.63) is 58.9 Å². The lowest BCUT2D eigenvalue weighted by atomic mass is 9.78. The third-order valence-electron chi connectivity index (χ3n) is 4.52. The van der Waals surface area contributed by atoms with Gasteiger partial charge in [0.05, 0.1) is 0 Å². The van der Waals surface area contributed by atoms with Crippen LogP contribution in [0.5, 0.6) is 5.75 Å². The molecule has 2 rings (SSSR count). The van der Waals surface area contributed by atoms with Crippen molar-refractivity contribution >= 4 is 0 Å². The van der Waals surface area contributed by atoms with Gasteiger partial charge in [0.15, 0.2) is 18.9 Å². The first-order valence-electron chi connectivity index (χ1n) is 8.87. The molecule has 24 heavy (non-hydrogen) atoms. The van der Waals surface area contributed by atoms with E-state index in [0.29, 0.717) is 5.75 Å². The van der Waals surface area contributed by atoms with Crippen molar-refractivity contribution < 1.29 is 9.67 Å². The normalized spacial score (nSPS) is 12.5. The Morgan fingerprint density at radius 1 is 0.833 bits per heavy atom. The van der Waals surface area contributed by atoms with Crippen LogP contribution in [0.2, 0.25) is 0 Å². The highest BCUT2D eigenvalue weighted by molar-refractivity contribution is 5.49. The van der Waals surface area contributed by atoms with Gasteiger partial charge in [0, 0.05) is 28.8 Å². The third-order valence-corrected chi connectivity index (χ3v) is 4.52. The van der Waals surface area contributed by atoms with Crippen LogP contribution in [0, 0.1) is 0 Å². The van der Waals surface area contributed by atoms with Crippen LogP contribution in [-0.2, 0) is 23.8 Å². The summed E-state index contributed by atoms with van der Waals surface area (Å²) >= 11 is 0. The molecular formula is C22H32NO+. The highest BCUT2D eigenvalue weighted by Crippen LogP contribution is 2.39. The molecule has 0 saturated carbocycles. The molecule has 0 aliphatic carbocycles. The maximum Gasteiger partial charge on any atom is 0.173 e. The molecule has 0 unspecified atom stereocenters. The van der Waals surface area contributed by atoms with Crippen molar-refractivity contribution in [1.29, 1.82) is 0 Å². The average Bonchev–Trinajstić information content (AvgIpc) is 2.47. The fraction of sp³-hybridized carbons (Fsp3) is 0.500. The van der Waals surface area contributed by atoms with Crippen molar-refractivity contribution in [2.75, 3.05) is 0 Å². The number of aryl methyl sites for hydroxylation is 1. The first-order chi connectivity index (χ1) is 11.0. The quantitative estimate of drug-likeness (QED) is 0.798. The second-order valence-electron chi connectivity index (χ2n) is 8.77. The zero-order valence-electron chi connectivity index (χ0n) is 16.3. The zero-order valence-corrected chi connectivity index (χ0v) is 16.3. The van der Waals surface area contributed by atoms with Crippen LogP contribution in [-0.4, -0.2) is 5.11 Å². The predicted octanol–water partition coefficient (Wildman–Crippen LogP) is 4.89. The largest absolute Gasteiger partial charge is 0.507 e. The van der Waals surface area contributed by atoms with Gasteiger partial charge < -0.3 is 5.11 Å². The van der Waals surface area contributed by atoms with Gasteiger partial charge in [-0.2, -0.15) is 0 Å². The van der Waals surface area contributed by atoms with E-state index in [1.165, 1.54) is 11.1 Å². The van der Waals surface area contributed by atoms with Crippen LogP contribution >= 0.6 is 0 Å². The lowest BCUT2D eigenvalue weighted by molar-refractivity contribution is -0.688. The van der Waals surface area contributed by atoms with Crippen molar-refractivity contribution in [3.8, 4) is 5.75 Å². The number of benzene rings is 1. The van der Waals surface area contributed by atoms with Gasteiger partial charge in [-0.25, -0.2) is 4.57 Å². The molecule has 1 aromatic carbocycles. The number of aromatic hydroxyl groups is 1. The minimum atomic E-state index is -0.0865. The first kappa shape index (κ1) is 18.5. The number of aromatic nitrogens is 1. The SMILES string of the molecule is CCc1cc[n+](Cc2cc(C(C)(C)C)c(O)c(C(C)(C)C)c2)cc1. The molecule has 2 aromatic rings. The van der Waals surface area contributed by atoms with E-state index in [2.05, 4.69) is 89.7 Å². The third kappa shape index (κ3) is 4.17. The van der Waals surface area contributed by atoms with Crippen LogP contribution < -0.4 is 4.57 Å². The number of nitrogens with zero attached hydrogens (tertiary/aromatic N) is 1. The van der Waals surface area contributed by atoms with Gasteiger partial charge in [-0.3, -0.25) is 0 Å². The minimum absolute atomic E-state index is 0.0865. The van der Waals surface area contributed by atoms with E-state index in [1.807, 2.05) is 0 Å². The topological polar surface area (TPSA) is 24.1 Å². The molecule has 1 heterocycles. The van der Waals surface area contributed by atoms with Crippen LogP contribution in [0.1, 0.15) is 70.7 Å². The van der Waals surface area contributed by atoms with E-state index in [-0.39, 0.29) is 10.8 Å². The number of hydrogen-bond donors (Lipinski definition) is 1. The molecule has 0 spiro atoms. The smallest absolute Gasteiger partial charge is 0.173 e. The Morgan fingerprint density at radius 2 is 1.29 bits per heavy atom. The van der Waals surface area contributed by atoms with Gasteiger partial charge in [0.25, 0.3) is 0 Å². The fourth-order valence-electron chi connectivity index (χ4n) is 2.97. The number of hydrogen-bond acceptors (Lipinski definition) is 1. The number of pyridine rings is 1. The summed E-state index contributed by atoms with van der Waals surface area (Å²) in [7, 11) is 0. The van der Waals surface area contributed by atoms with Gasteiger partial charge in [-0.05, 0) is 34.9 Å².